The van der Waals surface area contributed by atoms with E-state index in [2.05, 4.69) is 18.9 Å². The van der Waals surface area contributed by atoms with Crippen LogP contribution in [0.4, 0.5) is 0 Å². The summed E-state index contributed by atoms with van der Waals surface area (Å²) in [6.45, 7) is 7.11. The average Bonchev–Trinajstić information content (AvgIpc) is 2.78. The molecule has 0 unspecified atom stereocenters. The van der Waals surface area contributed by atoms with Crippen LogP contribution in [-0.2, 0) is 23.0 Å². The zero-order valence-electron chi connectivity index (χ0n) is 13.1. The van der Waals surface area contributed by atoms with Gasteiger partial charge in [0.2, 0.25) is 0 Å². The van der Waals surface area contributed by atoms with E-state index >= 15 is 0 Å². The van der Waals surface area contributed by atoms with Gasteiger partial charge in [0, 0.05) is 26.3 Å². The third-order valence-corrected chi connectivity index (χ3v) is 4.46. The van der Waals surface area contributed by atoms with Crippen molar-refractivity contribution >= 4 is 5.78 Å². The summed E-state index contributed by atoms with van der Waals surface area (Å²) < 4.78 is 7.66. The molecule has 0 aromatic carbocycles. The van der Waals surface area contributed by atoms with E-state index in [1.807, 2.05) is 20.2 Å². The first-order valence-corrected chi connectivity index (χ1v) is 7.52. The number of ether oxygens (including phenoxy) is 1. The number of aryl methyl sites for hydroxylation is 1. The van der Waals surface area contributed by atoms with E-state index in [0.29, 0.717) is 18.4 Å². The standard InChI is InChI=1S/C16H26N2O2/c1-5-20-16(8-6-15(2,3)7-9-16)14(19)10-13-11-17-18(4)12-13/h11-12H,5-10H2,1-4H3. The van der Waals surface area contributed by atoms with Crippen molar-refractivity contribution < 1.29 is 9.53 Å². The van der Waals surface area contributed by atoms with Gasteiger partial charge >= 0.3 is 0 Å². The second-order valence-electron chi connectivity index (χ2n) is 6.71. The van der Waals surface area contributed by atoms with Crippen LogP contribution < -0.4 is 0 Å². The average molecular weight is 278 g/mol. The Morgan fingerprint density at radius 1 is 1.35 bits per heavy atom. The molecular formula is C16H26N2O2. The van der Waals surface area contributed by atoms with Crippen LogP contribution >= 0.6 is 0 Å². The Balaban J connectivity index is 2.10. The van der Waals surface area contributed by atoms with Crippen molar-refractivity contribution in [2.45, 2.75) is 58.5 Å². The van der Waals surface area contributed by atoms with Gasteiger partial charge in [-0.1, -0.05) is 13.8 Å². The molecule has 0 spiro atoms. The largest absolute Gasteiger partial charge is 0.367 e. The maximum Gasteiger partial charge on any atom is 0.169 e. The molecule has 2 rings (SSSR count). The Hall–Kier alpha value is -1.16. The smallest absolute Gasteiger partial charge is 0.169 e. The topological polar surface area (TPSA) is 44.1 Å². The fourth-order valence-electron chi connectivity index (χ4n) is 3.02. The van der Waals surface area contributed by atoms with Crippen molar-refractivity contribution in [3.05, 3.63) is 18.0 Å². The highest BCUT2D eigenvalue weighted by molar-refractivity contribution is 5.89. The molecule has 0 N–H and O–H groups in total. The lowest BCUT2D eigenvalue weighted by atomic mass is 9.69. The molecule has 20 heavy (non-hydrogen) atoms. The highest BCUT2D eigenvalue weighted by Crippen LogP contribution is 2.42. The van der Waals surface area contributed by atoms with Crippen LogP contribution in [0.3, 0.4) is 0 Å². The van der Waals surface area contributed by atoms with Crippen LogP contribution in [0, 0.1) is 5.41 Å². The molecule has 0 aliphatic heterocycles. The Morgan fingerprint density at radius 3 is 2.50 bits per heavy atom. The summed E-state index contributed by atoms with van der Waals surface area (Å²) in [4.78, 5) is 12.7. The Labute approximate surface area is 121 Å². The van der Waals surface area contributed by atoms with Crippen LogP contribution in [0.2, 0.25) is 0 Å². The molecule has 0 radical (unpaired) electrons. The first-order valence-electron chi connectivity index (χ1n) is 7.52. The first-order chi connectivity index (χ1) is 9.37. The Morgan fingerprint density at radius 2 is 2.00 bits per heavy atom. The maximum absolute atomic E-state index is 12.7. The molecule has 1 aromatic rings. The number of rotatable bonds is 5. The summed E-state index contributed by atoms with van der Waals surface area (Å²) in [5.74, 6) is 0.211. The number of Topliss-reactive ketones (excluding diaryl/α,β-unsaturated/α-hetero) is 1. The molecule has 1 aliphatic rings. The van der Waals surface area contributed by atoms with E-state index in [0.717, 1.165) is 31.2 Å². The number of nitrogens with zero attached hydrogens (tertiary/aromatic N) is 2. The van der Waals surface area contributed by atoms with Crippen LogP contribution in [0.5, 0.6) is 0 Å². The van der Waals surface area contributed by atoms with E-state index in [9.17, 15) is 4.79 Å². The van der Waals surface area contributed by atoms with Gasteiger partial charge in [-0.25, -0.2) is 0 Å². The summed E-state index contributed by atoms with van der Waals surface area (Å²) in [6.07, 6.45) is 7.88. The zero-order valence-corrected chi connectivity index (χ0v) is 13.1. The van der Waals surface area contributed by atoms with Crippen molar-refractivity contribution in [1.29, 1.82) is 0 Å². The van der Waals surface area contributed by atoms with Crippen molar-refractivity contribution in [2.75, 3.05) is 6.61 Å². The molecule has 1 aliphatic carbocycles. The summed E-state index contributed by atoms with van der Waals surface area (Å²) in [7, 11) is 1.87. The minimum atomic E-state index is -0.569. The third kappa shape index (κ3) is 3.29. The second kappa shape index (κ2) is 5.68. The summed E-state index contributed by atoms with van der Waals surface area (Å²) in [5.41, 5.74) is 0.733. The maximum atomic E-state index is 12.7. The van der Waals surface area contributed by atoms with Crippen molar-refractivity contribution in [2.24, 2.45) is 12.5 Å². The molecule has 1 saturated carbocycles. The number of carbonyl (C=O) groups is 1. The second-order valence-corrected chi connectivity index (χ2v) is 6.71. The minimum Gasteiger partial charge on any atom is -0.367 e. The molecule has 4 nitrogen and oxygen atoms in total. The molecule has 112 valence electrons. The quantitative estimate of drug-likeness (QED) is 0.832. The molecule has 1 heterocycles. The molecule has 1 fully saturated rings. The van der Waals surface area contributed by atoms with Gasteiger partial charge in [-0.2, -0.15) is 5.10 Å². The number of aromatic nitrogens is 2. The van der Waals surface area contributed by atoms with Gasteiger partial charge < -0.3 is 4.74 Å². The van der Waals surface area contributed by atoms with Crippen molar-refractivity contribution in [3.63, 3.8) is 0 Å². The van der Waals surface area contributed by atoms with Gasteiger partial charge in [-0.05, 0) is 43.6 Å². The van der Waals surface area contributed by atoms with E-state index in [1.165, 1.54) is 0 Å². The number of hydrogen-bond acceptors (Lipinski definition) is 3. The van der Waals surface area contributed by atoms with Crippen LogP contribution in [0.15, 0.2) is 12.4 Å². The lowest BCUT2D eigenvalue weighted by Crippen LogP contribution is -2.47. The lowest BCUT2D eigenvalue weighted by Gasteiger charge is -2.42. The zero-order chi connectivity index (χ0) is 14.8. The fourth-order valence-corrected chi connectivity index (χ4v) is 3.02. The SMILES string of the molecule is CCOC1(C(=O)Cc2cnn(C)c2)CCC(C)(C)CC1. The number of ketones is 1. The van der Waals surface area contributed by atoms with Crippen LogP contribution in [0.1, 0.15) is 52.0 Å². The van der Waals surface area contributed by atoms with E-state index in [-0.39, 0.29) is 5.78 Å². The monoisotopic (exact) mass is 278 g/mol. The van der Waals surface area contributed by atoms with Gasteiger partial charge in [-0.15, -0.1) is 0 Å². The van der Waals surface area contributed by atoms with Gasteiger partial charge in [0.05, 0.1) is 6.20 Å². The molecule has 0 amide bonds. The Kier molecular flexibility index (Phi) is 4.33. The third-order valence-electron chi connectivity index (χ3n) is 4.46. The highest BCUT2D eigenvalue weighted by Gasteiger charge is 2.44. The molecule has 0 saturated heterocycles. The van der Waals surface area contributed by atoms with E-state index < -0.39 is 5.60 Å². The molecule has 1 aromatic heterocycles. The fraction of sp³-hybridized carbons (Fsp3) is 0.750. The molecule has 4 heteroatoms. The summed E-state index contributed by atoms with van der Waals surface area (Å²) in [5, 5.41) is 4.13. The van der Waals surface area contributed by atoms with Crippen molar-refractivity contribution in [3.8, 4) is 0 Å². The van der Waals surface area contributed by atoms with Gasteiger partial charge in [-0.3, -0.25) is 9.48 Å². The predicted molar refractivity (Wildman–Crippen MR) is 78.5 cm³/mol. The summed E-state index contributed by atoms with van der Waals surface area (Å²) in [6, 6.07) is 0. The minimum absolute atomic E-state index is 0.211. The normalized spacial score (nSPS) is 20.8. The molecule has 0 bridgehead atoms. The van der Waals surface area contributed by atoms with Crippen LogP contribution in [-0.4, -0.2) is 27.8 Å². The van der Waals surface area contributed by atoms with E-state index in [4.69, 9.17) is 4.74 Å². The molecular weight excluding hydrogens is 252 g/mol. The predicted octanol–water partition coefficient (Wildman–Crippen LogP) is 2.91. The number of hydrogen-bond donors (Lipinski definition) is 0. The van der Waals surface area contributed by atoms with Crippen molar-refractivity contribution in [1.82, 2.24) is 9.78 Å². The highest BCUT2D eigenvalue weighted by atomic mass is 16.5. The van der Waals surface area contributed by atoms with Gasteiger partial charge in [0.25, 0.3) is 0 Å². The number of carbonyl (C=O) groups excluding carboxylic acids is 1. The van der Waals surface area contributed by atoms with Gasteiger partial charge in [0.15, 0.2) is 5.78 Å². The van der Waals surface area contributed by atoms with E-state index in [1.54, 1.807) is 10.9 Å². The Bertz CT molecular complexity index is 467. The first kappa shape index (κ1) is 15.2. The van der Waals surface area contributed by atoms with Gasteiger partial charge in [0.1, 0.15) is 5.60 Å². The van der Waals surface area contributed by atoms with Crippen LogP contribution in [0.25, 0.3) is 0 Å². The lowest BCUT2D eigenvalue weighted by molar-refractivity contribution is -0.151. The molecule has 0 atom stereocenters. The summed E-state index contributed by atoms with van der Waals surface area (Å²) >= 11 is 0.